The van der Waals surface area contributed by atoms with Gasteiger partial charge in [0.2, 0.25) is 0 Å². The summed E-state index contributed by atoms with van der Waals surface area (Å²) in [5.74, 6) is 0. The monoisotopic (exact) mass is 237 g/mol. The average Bonchev–Trinajstić information content (AvgIpc) is 2.67. The minimum Gasteiger partial charge on any atom is -0.378 e. The Morgan fingerprint density at radius 2 is 2.27 bits per heavy atom. The zero-order chi connectivity index (χ0) is 10.9. The molecule has 0 aliphatic carbocycles. The molecule has 1 atom stereocenters. The summed E-state index contributed by atoms with van der Waals surface area (Å²) in [5.41, 5.74) is -0.574. The van der Waals surface area contributed by atoms with Gasteiger partial charge in [0.15, 0.2) is 0 Å². The lowest BCUT2D eigenvalue weighted by Crippen LogP contribution is -2.34. The van der Waals surface area contributed by atoms with E-state index >= 15 is 0 Å². The summed E-state index contributed by atoms with van der Waals surface area (Å²) in [6.45, 7) is 1.75. The van der Waals surface area contributed by atoms with Crippen LogP contribution in [0.3, 0.4) is 0 Å². The number of hydrogen-bond donors (Lipinski definition) is 1. The van der Waals surface area contributed by atoms with E-state index in [2.05, 4.69) is 5.32 Å². The Labute approximate surface area is 89.1 Å². The fourth-order valence-corrected chi connectivity index (χ4v) is 2.41. The number of thiophene rings is 1. The maximum Gasteiger partial charge on any atom is 0.417 e. The molecular formula is C9H10F3NOS. The second-order valence-electron chi connectivity index (χ2n) is 3.32. The molecular weight excluding hydrogens is 227 g/mol. The summed E-state index contributed by atoms with van der Waals surface area (Å²) in [4.78, 5) is 0.682. The molecule has 6 heteroatoms. The molecule has 2 nitrogen and oxygen atoms in total. The normalized spacial score (nSPS) is 23.0. The topological polar surface area (TPSA) is 21.3 Å². The van der Waals surface area contributed by atoms with Gasteiger partial charge in [0, 0.05) is 16.8 Å². The van der Waals surface area contributed by atoms with E-state index in [1.807, 2.05) is 0 Å². The van der Waals surface area contributed by atoms with Crippen LogP contribution in [-0.4, -0.2) is 19.8 Å². The van der Waals surface area contributed by atoms with Crippen molar-refractivity contribution in [2.75, 3.05) is 19.8 Å². The van der Waals surface area contributed by atoms with E-state index in [0.717, 1.165) is 16.7 Å². The van der Waals surface area contributed by atoms with Crippen molar-refractivity contribution >= 4 is 11.3 Å². The molecule has 0 saturated carbocycles. The molecule has 1 fully saturated rings. The van der Waals surface area contributed by atoms with Gasteiger partial charge in [-0.05, 0) is 6.07 Å². The zero-order valence-electron chi connectivity index (χ0n) is 7.80. The molecule has 1 saturated heterocycles. The van der Waals surface area contributed by atoms with Crippen molar-refractivity contribution in [3.8, 4) is 0 Å². The van der Waals surface area contributed by atoms with E-state index in [0.29, 0.717) is 24.6 Å². The van der Waals surface area contributed by atoms with Crippen molar-refractivity contribution in [2.45, 2.75) is 12.2 Å². The average molecular weight is 237 g/mol. The smallest absolute Gasteiger partial charge is 0.378 e. The van der Waals surface area contributed by atoms with Gasteiger partial charge in [-0.1, -0.05) is 0 Å². The van der Waals surface area contributed by atoms with Crippen LogP contribution >= 0.6 is 11.3 Å². The van der Waals surface area contributed by atoms with Gasteiger partial charge >= 0.3 is 6.18 Å². The number of hydrogen-bond acceptors (Lipinski definition) is 3. The van der Waals surface area contributed by atoms with Gasteiger partial charge in [-0.2, -0.15) is 13.2 Å². The van der Waals surface area contributed by atoms with Gasteiger partial charge < -0.3 is 10.1 Å². The van der Waals surface area contributed by atoms with Gasteiger partial charge in [0.25, 0.3) is 0 Å². The van der Waals surface area contributed by atoms with Crippen molar-refractivity contribution in [1.82, 2.24) is 5.32 Å². The number of nitrogens with one attached hydrogen (secondary N) is 1. The Balaban J connectivity index is 2.12. The van der Waals surface area contributed by atoms with Gasteiger partial charge in [-0.25, -0.2) is 0 Å². The van der Waals surface area contributed by atoms with E-state index in [4.69, 9.17) is 4.74 Å². The first-order chi connectivity index (χ1) is 7.07. The van der Waals surface area contributed by atoms with Crippen molar-refractivity contribution in [3.63, 3.8) is 0 Å². The van der Waals surface area contributed by atoms with Crippen LogP contribution in [0, 0.1) is 0 Å². The van der Waals surface area contributed by atoms with Gasteiger partial charge in [-0.3, -0.25) is 0 Å². The molecule has 84 valence electrons. The quantitative estimate of drug-likeness (QED) is 0.810. The van der Waals surface area contributed by atoms with Crippen LogP contribution in [-0.2, 0) is 10.9 Å². The molecule has 0 amide bonds. The SMILES string of the molecule is FC(F)(F)c1csc(C2COCCN2)c1. The molecule has 15 heavy (non-hydrogen) atoms. The highest BCUT2D eigenvalue weighted by Crippen LogP contribution is 2.34. The number of halogens is 3. The molecule has 1 aromatic rings. The molecule has 1 aliphatic heterocycles. The molecule has 2 rings (SSSR count). The van der Waals surface area contributed by atoms with Crippen LogP contribution in [0.4, 0.5) is 13.2 Å². The molecule has 0 bridgehead atoms. The predicted octanol–water partition coefficient (Wildman–Crippen LogP) is 2.43. The standard InChI is InChI=1S/C9H10F3NOS/c10-9(11,12)6-3-8(15-5-6)7-4-14-2-1-13-7/h3,5,7,13H,1-2,4H2. The van der Waals surface area contributed by atoms with Gasteiger partial charge in [0.05, 0.1) is 24.8 Å². The van der Waals surface area contributed by atoms with Crippen LogP contribution in [0.2, 0.25) is 0 Å². The molecule has 1 aromatic heterocycles. The third-order valence-corrected chi connectivity index (χ3v) is 3.26. The van der Waals surface area contributed by atoms with E-state index in [1.165, 1.54) is 6.07 Å². The fraction of sp³-hybridized carbons (Fsp3) is 0.556. The van der Waals surface area contributed by atoms with Crippen LogP contribution in [0.1, 0.15) is 16.5 Å². The summed E-state index contributed by atoms with van der Waals surface area (Å²) in [6.07, 6.45) is -4.25. The summed E-state index contributed by atoms with van der Waals surface area (Å²) in [7, 11) is 0. The maximum atomic E-state index is 12.3. The Morgan fingerprint density at radius 3 is 2.80 bits per heavy atom. The number of morpholine rings is 1. The molecule has 0 spiro atoms. The first kappa shape index (κ1) is 10.9. The number of rotatable bonds is 1. The summed E-state index contributed by atoms with van der Waals surface area (Å²) >= 11 is 1.12. The maximum absolute atomic E-state index is 12.3. The predicted molar refractivity (Wildman–Crippen MR) is 50.9 cm³/mol. The second-order valence-corrected chi connectivity index (χ2v) is 4.26. The van der Waals surface area contributed by atoms with Crippen molar-refractivity contribution in [3.05, 3.63) is 21.9 Å². The van der Waals surface area contributed by atoms with E-state index in [1.54, 1.807) is 0 Å². The molecule has 1 unspecified atom stereocenters. The highest BCUT2D eigenvalue weighted by Gasteiger charge is 2.32. The van der Waals surface area contributed by atoms with Gasteiger partial charge in [-0.15, -0.1) is 11.3 Å². The zero-order valence-corrected chi connectivity index (χ0v) is 8.62. The number of alkyl halides is 3. The minimum atomic E-state index is -4.25. The van der Waals surface area contributed by atoms with E-state index in [9.17, 15) is 13.2 Å². The molecule has 0 radical (unpaired) electrons. The first-order valence-electron chi connectivity index (χ1n) is 4.54. The summed E-state index contributed by atoms with van der Waals surface area (Å²) < 4.78 is 42.2. The Kier molecular flexibility index (Phi) is 2.99. The Morgan fingerprint density at radius 1 is 1.47 bits per heavy atom. The Hall–Kier alpha value is -0.590. The lowest BCUT2D eigenvalue weighted by Gasteiger charge is -2.22. The molecule has 1 N–H and O–H groups in total. The first-order valence-corrected chi connectivity index (χ1v) is 5.42. The highest BCUT2D eigenvalue weighted by atomic mass is 32.1. The highest BCUT2D eigenvalue weighted by molar-refractivity contribution is 7.10. The van der Waals surface area contributed by atoms with Gasteiger partial charge in [0.1, 0.15) is 0 Å². The summed E-state index contributed by atoms with van der Waals surface area (Å²) in [5, 5.41) is 4.26. The van der Waals surface area contributed by atoms with Crippen molar-refractivity contribution in [1.29, 1.82) is 0 Å². The van der Waals surface area contributed by atoms with Crippen molar-refractivity contribution < 1.29 is 17.9 Å². The van der Waals surface area contributed by atoms with Crippen LogP contribution in [0.25, 0.3) is 0 Å². The molecule has 0 aromatic carbocycles. The third-order valence-electron chi connectivity index (χ3n) is 2.21. The van der Waals surface area contributed by atoms with Crippen molar-refractivity contribution in [2.24, 2.45) is 0 Å². The minimum absolute atomic E-state index is 0.0974. The number of ether oxygens (including phenoxy) is 1. The van der Waals surface area contributed by atoms with Crippen LogP contribution in [0.15, 0.2) is 11.4 Å². The van der Waals surface area contributed by atoms with Crippen LogP contribution in [0.5, 0.6) is 0 Å². The van der Waals surface area contributed by atoms with Crippen LogP contribution < -0.4 is 5.32 Å². The summed E-state index contributed by atoms with van der Waals surface area (Å²) in [6, 6.07) is 1.09. The fourth-order valence-electron chi connectivity index (χ4n) is 1.43. The molecule has 2 heterocycles. The second kappa shape index (κ2) is 4.11. The van der Waals surface area contributed by atoms with E-state index in [-0.39, 0.29) is 6.04 Å². The lowest BCUT2D eigenvalue weighted by molar-refractivity contribution is -0.137. The molecule has 1 aliphatic rings. The lowest BCUT2D eigenvalue weighted by atomic mass is 10.2. The largest absolute Gasteiger partial charge is 0.417 e. The Bertz CT molecular complexity index is 330. The van der Waals surface area contributed by atoms with E-state index < -0.39 is 11.7 Å². The third kappa shape index (κ3) is 2.50.